The average molecular weight is 247 g/mol. The summed E-state index contributed by atoms with van der Waals surface area (Å²) >= 11 is 6.10. The smallest absolute Gasteiger partial charge is 0.129 e. The Labute approximate surface area is 101 Å². The zero-order valence-corrected chi connectivity index (χ0v) is 10.4. The van der Waals surface area contributed by atoms with Gasteiger partial charge in [0.2, 0.25) is 0 Å². The molecule has 3 heteroatoms. The van der Waals surface area contributed by atoms with Crippen LogP contribution < -0.4 is 0 Å². The van der Waals surface area contributed by atoms with Gasteiger partial charge < -0.3 is 0 Å². The third-order valence-corrected chi connectivity index (χ3v) is 3.17. The lowest BCUT2D eigenvalue weighted by atomic mass is 9.98. The lowest BCUT2D eigenvalue weighted by Gasteiger charge is -2.14. The second-order valence-electron chi connectivity index (χ2n) is 4.25. The first-order valence-electron chi connectivity index (χ1n) is 5.61. The molecule has 1 rings (SSSR count). The third kappa shape index (κ3) is 3.75. The fraction of sp³-hybridized carbons (Fsp3) is 0.538. The van der Waals surface area contributed by atoms with Crippen molar-refractivity contribution in [2.45, 2.75) is 38.5 Å². The predicted molar refractivity (Wildman–Crippen MR) is 63.8 cm³/mol. The van der Waals surface area contributed by atoms with E-state index in [1.807, 2.05) is 0 Å². The van der Waals surface area contributed by atoms with Crippen molar-refractivity contribution >= 4 is 11.6 Å². The lowest BCUT2D eigenvalue weighted by molar-refractivity contribution is 0.486. The van der Waals surface area contributed by atoms with Gasteiger partial charge in [-0.05, 0) is 30.9 Å². The SMILES string of the molecule is CCC(C)CC(Cl)Cc1c(F)cccc1F. The summed E-state index contributed by atoms with van der Waals surface area (Å²) in [5.41, 5.74) is 0.103. The number of alkyl halides is 1. The fourth-order valence-corrected chi connectivity index (χ4v) is 2.09. The molecule has 0 aliphatic rings. The summed E-state index contributed by atoms with van der Waals surface area (Å²) in [5, 5.41) is -0.207. The Morgan fingerprint density at radius 1 is 1.25 bits per heavy atom. The van der Waals surface area contributed by atoms with Crippen molar-refractivity contribution in [2.75, 3.05) is 0 Å². The summed E-state index contributed by atoms with van der Waals surface area (Å²) in [6.07, 6.45) is 2.07. The van der Waals surface area contributed by atoms with Gasteiger partial charge in [-0.25, -0.2) is 8.78 Å². The summed E-state index contributed by atoms with van der Waals surface area (Å²) in [6.45, 7) is 4.17. The maximum absolute atomic E-state index is 13.3. The summed E-state index contributed by atoms with van der Waals surface area (Å²) < 4.78 is 26.7. The fourth-order valence-electron chi connectivity index (χ4n) is 1.64. The molecule has 0 N–H and O–H groups in total. The van der Waals surface area contributed by atoms with Crippen LogP contribution in [0.1, 0.15) is 32.3 Å². The lowest BCUT2D eigenvalue weighted by Crippen LogP contribution is -2.11. The molecule has 90 valence electrons. The highest BCUT2D eigenvalue weighted by Gasteiger charge is 2.15. The summed E-state index contributed by atoms with van der Waals surface area (Å²) in [5.74, 6) is -0.526. The van der Waals surface area contributed by atoms with Gasteiger partial charge in [-0.3, -0.25) is 0 Å². The zero-order valence-electron chi connectivity index (χ0n) is 9.64. The van der Waals surface area contributed by atoms with Crippen molar-refractivity contribution in [3.8, 4) is 0 Å². The third-order valence-electron chi connectivity index (χ3n) is 2.84. The second-order valence-corrected chi connectivity index (χ2v) is 4.87. The average Bonchev–Trinajstić information content (AvgIpc) is 2.23. The van der Waals surface area contributed by atoms with Crippen molar-refractivity contribution in [3.05, 3.63) is 35.4 Å². The van der Waals surface area contributed by atoms with E-state index in [1.165, 1.54) is 18.2 Å². The Balaban J connectivity index is 2.66. The minimum absolute atomic E-state index is 0.103. The summed E-state index contributed by atoms with van der Waals surface area (Å²) in [4.78, 5) is 0. The topological polar surface area (TPSA) is 0 Å². The van der Waals surface area contributed by atoms with Crippen molar-refractivity contribution < 1.29 is 8.78 Å². The highest BCUT2D eigenvalue weighted by molar-refractivity contribution is 6.20. The summed E-state index contributed by atoms with van der Waals surface area (Å²) in [6, 6.07) is 3.91. The van der Waals surface area contributed by atoms with Gasteiger partial charge in [-0.2, -0.15) is 0 Å². The first kappa shape index (κ1) is 13.4. The molecule has 0 radical (unpaired) electrons. The quantitative estimate of drug-likeness (QED) is 0.669. The Bertz CT molecular complexity index is 318. The first-order valence-corrected chi connectivity index (χ1v) is 6.05. The van der Waals surface area contributed by atoms with E-state index >= 15 is 0 Å². The van der Waals surface area contributed by atoms with Crippen molar-refractivity contribution in [1.29, 1.82) is 0 Å². The number of hydrogen-bond donors (Lipinski definition) is 0. The van der Waals surface area contributed by atoms with Crippen LogP contribution in [0, 0.1) is 17.6 Å². The maximum Gasteiger partial charge on any atom is 0.129 e. The number of hydrogen-bond acceptors (Lipinski definition) is 0. The molecular weight excluding hydrogens is 230 g/mol. The largest absolute Gasteiger partial charge is 0.207 e. The molecular formula is C13H17ClF2. The van der Waals surface area contributed by atoms with E-state index in [1.54, 1.807) is 0 Å². The van der Waals surface area contributed by atoms with E-state index in [-0.39, 0.29) is 17.4 Å². The molecule has 0 bridgehead atoms. The van der Waals surface area contributed by atoms with Gasteiger partial charge in [0, 0.05) is 10.9 Å². The van der Waals surface area contributed by atoms with E-state index in [9.17, 15) is 8.78 Å². The van der Waals surface area contributed by atoms with Crippen LogP contribution in [0.2, 0.25) is 0 Å². The van der Waals surface area contributed by atoms with Gasteiger partial charge in [0.25, 0.3) is 0 Å². The summed E-state index contributed by atoms with van der Waals surface area (Å²) in [7, 11) is 0. The highest BCUT2D eigenvalue weighted by Crippen LogP contribution is 2.21. The molecule has 16 heavy (non-hydrogen) atoms. The van der Waals surface area contributed by atoms with Gasteiger partial charge >= 0.3 is 0 Å². The minimum Gasteiger partial charge on any atom is -0.207 e. The van der Waals surface area contributed by atoms with E-state index in [2.05, 4.69) is 13.8 Å². The van der Waals surface area contributed by atoms with Crippen LogP contribution in [0.25, 0.3) is 0 Å². The van der Waals surface area contributed by atoms with E-state index in [0.717, 1.165) is 12.8 Å². The Morgan fingerprint density at radius 3 is 2.31 bits per heavy atom. The molecule has 0 spiro atoms. The molecule has 2 unspecified atom stereocenters. The molecule has 1 aromatic rings. The van der Waals surface area contributed by atoms with Crippen LogP contribution in [0.15, 0.2) is 18.2 Å². The van der Waals surface area contributed by atoms with Gasteiger partial charge in [-0.15, -0.1) is 11.6 Å². The predicted octanol–water partition coefficient (Wildman–Crippen LogP) is 4.55. The van der Waals surface area contributed by atoms with E-state index in [0.29, 0.717) is 5.92 Å². The van der Waals surface area contributed by atoms with Gasteiger partial charge in [0.15, 0.2) is 0 Å². The second kappa shape index (κ2) is 6.19. The molecule has 0 amide bonds. The highest BCUT2D eigenvalue weighted by atomic mass is 35.5. The van der Waals surface area contributed by atoms with E-state index in [4.69, 9.17) is 11.6 Å². The molecule has 0 aliphatic carbocycles. The van der Waals surface area contributed by atoms with Gasteiger partial charge in [0.05, 0.1) is 0 Å². The van der Waals surface area contributed by atoms with Gasteiger partial charge in [0.1, 0.15) is 11.6 Å². The zero-order chi connectivity index (χ0) is 12.1. The molecule has 0 saturated carbocycles. The van der Waals surface area contributed by atoms with Crippen LogP contribution in [-0.2, 0) is 6.42 Å². The molecule has 0 heterocycles. The molecule has 2 atom stereocenters. The molecule has 0 aliphatic heterocycles. The maximum atomic E-state index is 13.3. The number of rotatable bonds is 5. The molecule has 0 fully saturated rings. The van der Waals surface area contributed by atoms with Crippen molar-refractivity contribution in [1.82, 2.24) is 0 Å². The Morgan fingerprint density at radius 2 is 1.81 bits per heavy atom. The van der Waals surface area contributed by atoms with Crippen LogP contribution in [-0.4, -0.2) is 5.38 Å². The monoisotopic (exact) mass is 246 g/mol. The van der Waals surface area contributed by atoms with Crippen LogP contribution in [0.3, 0.4) is 0 Å². The Kier molecular flexibility index (Phi) is 5.20. The minimum atomic E-state index is -0.505. The number of halogens is 3. The van der Waals surface area contributed by atoms with Crippen LogP contribution in [0.5, 0.6) is 0 Å². The molecule has 1 aromatic carbocycles. The van der Waals surface area contributed by atoms with Crippen molar-refractivity contribution in [2.24, 2.45) is 5.92 Å². The van der Waals surface area contributed by atoms with Crippen LogP contribution >= 0.6 is 11.6 Å². The van der Waals surface area contributed by atoms with Crippen LogP contribution in [0.4, 0.5) is 8.78 Å². The molecule has 0 nitrogen and oxygen atoms in total. The first-order chi connectivity index (χ1) is 7.54. The molecule has 0 aromatic heterocycles. The standard InChI is InChI=1S/C13H17ClF2/c1-3-9(2)7-10(14)8-11-12(15)5-4-6-13(11)16/h4-6,9-10H,3,7-8H2,1-2H3. The normalized spacial score (nSPS) is 14.8. The van der Waals surface area contributed by atoms with Gasteiger partial charge in [-0.1, -0.05) is 26.3 Å². The van der Waals surface area contributed by atoms with E-state index < -0.39 is 11.6 Å². The molecule has 0 saturated heterocycles. The Hall–Kier alpha value is -0.630. The number of benzene rings is 1. The van der Waals surface area contributed by atoms with Crippen molar-refractivity contribution in [3.63, 3.8) is 0 Å².